The molecule has 0 aliphatic carbocycles. The highest BCUT2D eigenvalue weighted by Crippen LogP contribution is 1.92. The van der Waals surface area contributed by atoms with E-state index < -0.39 is 0 Å². The first-order valence-corrected chi connectivity index (χ1v) is 5.28. The third-order valence-electron chi connectivity index (χ3n) is 1.45. The summed E-state index contributed by atoms with van der Waals surface area (Å²) in [6.45, 7) is 2.18. The van der Waals surface area contributed by atoms with E-state index in [1.165, 1.54) is 20.4 Å². The zero-order valence-electron chi connectivity index (χ0n) is 6.51. The Hall–Kier alpha value is 0.396. The monoisotopic (exact) mass is 228 g/mol. The first-order chi connectivity index (χ1) is 4.83. The van der Waals surface area contributed by atoms with Crippen molar-refractivity contribution in [2.45, 2.75) is 11.5 Å². The van der Waals surface area contributed by atoms with Crippen LogP contribution in [-0.4, -0.2) is 20.4 Å². The van der Waals surface area contributed by atoms with Crippen molar-refractivity contribution in [3.8, 4) is 0 Å². The molecule has 0 atom stereocenters. The van der Waals surface area contributed by atoms with E-state index in [1.54, 1.807) is 0 Å². The maximum Gasteiger partial charge on any atom is 0.408 e. The third-order valence-corrected chi connectivity index (χ3v) is 3.00. The van der Waals surface area contributed by atoms with Gasteiger partial charge in [-0.25, -0.2) is 4.39 Å². The number of rotatable bonds is 2. The zero-order chi connectivity index (χ0) is 7.40. The number of benzene rings is 1. The fraction of sp³-hybridized carbons (Fsp3) is 0.250. The fourth-order valence-electron chi connectivity index (χ4n) is 0.940. The topological polar surface area (TPSA) is 0 Å². The Bertz CT molecular complexity index is 198. The van der Waals surface area contributed by atoms with E-state index in [9.17, 15) is 4.39 Å². The zero-order valence-corrected chi connectivity index (χ0v) is 9.64. The van der Waals surface area contributed by atoms with Crippen LogP contribution in [0.2, 0.25) is 4.55 Å². The van der Waals surface area contributed by atoms with Gasteiger partial charge in [0.2, 0.25) is 0 Å². The van der Waals surface area contributed by atoms with Crippen LogP contribution in [0.15, 0.2) is 24.3 Å². The maximum absolute atomic E-state index is 12.3. The molecule has 0 N–H and O–H groups in total. The second-order valence-electron chi connectivity index (χ2n) is 2.38. The Morgan fingerprint density at radius 1 is 1.27 bits per heavy atom. The lowest BCUT2D eigenvalue weighted by atomic mass is 10.3. The van der Waals surface area contributed by atoms with Crippen LogP contribution in [0.4, 0.5) is 4.39 Å². The second-order valence-corrected chi connectivity index (χ2v) is 4.69. The van der Waals surface area contributed by atoms with Crippen LogP contribution >= 0.6 is 17.0 Å². The van der Waals surface area contributed by atoms with Gasteiger partial charge in [0.1, 0.15) is 5.82 Å². The molecule has 0 bridgehead atoms. The molecule has 1 aromatic rings. The molecule has 0 fully saturated rings. The third kappa shape index (κ3) is 4.08. The van der Waals surface area contributed by atoms with Gasteiger partial charge in [-0.1, -0.05) is 19.1 Å². The predicted molar refractivity (Wildman–Crippen MR) is 52.6 cm³/mol. The Morgan fingerprint density at radius 3 is 2.27 bits per heavy atom. The highest BCUT2D eigenvalue weighted by atomic mass is 79.9. The summed E-state index contributed by atoms with van der Waals surface area (Å²) < 4.78 is 14.9. The van der Waals surface area contributed by atoms with Gasteiger partial charge in [0.15, 0.2) is 0 Å². The van der Waals surface area contributed by atoms with Gasteiger partial charge in [0.25, 0.3) is 0 Å². The van der Waals surface area contributed by atoms with Crippen molar-refractivity contribution in [3.63, 3.8) is 0 Å². The van der Waals surface area contributed by atoms with Crippen molar-refractivity contribution in [1.82, 2.24) is 0 Å². The average Bonchev–Trinajstić information content (AvgIpc) is 1.95. The molecule has 1 aromatic carbocycles. The molecule has 0 aliphatic heterocycles. The highest BCUT2D eigenvalue weighted by Gasteiger charge is 1.94. The molecular weight excluding hydrogens is 219 g/mol. The van der Waals surface area contributed by atoms with Gasteiger partial charge >= 0.3 is 20.4 Å². The second kappa shape index (κ2) is 5.97. The van der Waals surface area contributed by atoms with Crippen LogP contribution in [-0.2, 0) is 0 Å². The smallest absolute Gasteiger partial charge is 0.207 e. The Balaban J connectivity index is 0.000001000. The van der Waals surface area contributed by atoms with Crippen molar-refractivity contribution in [1.29, 1.82) is 0 Å². The lowest BCUT2D eigenvalue weighted by Crippen LogP contribution is -2.11. The van der Waals surface area contributed by atoms with Gasteiger partial charge in [0.05, 0.1) is 0 Å². The van der Waals surface area contributed by atoms with Crippen LogP contribution in [0.5, 0.6) is 0 Å². The summed E-state index contributed by atoms with van der Waals surface area (Å²) in [4.78, 5) is 0. The molecule has 58 valence electrons. The molecule has 0 aromatic heterocycles. The lowest BCUT2D eigenvalue weighted by Gasteiger charge is -1.94. The summed E-state index contributed by atoms with van der Waals surface area (Å²) in [6.07, 6.45) is 0. The number of hydrogen-bond donors (Lipinski definition) is 0. The molecule has 0 heterocycles. The molecule has 3 heteroatoms. The molecule has 0 radical (unpaired) electrons. The molecule has 0 aliphatic rings. The van der Waals surface area contributed by atoms with Crippen molar-refractivity contribution in [3.05, 3.63) is 30.1 Å². The largest absolute Gasteiger partial charge is 0.408 e. The predicted octanol–water partition coefficient (Wildman–Crippen LogP) is 2.17. The minimum Gasteiger partial charge on any atom is -0.207 e. The average molecular weight is 229 g/mol. The molecule has 0 saturated heterocycles. The summed E-state index contributed by atoms with van der Waals surface area (Å²) >= 11 is -0.0837. The minimum atomic E-state index is -0.131. The van der Waals surface area contributed by atoms with Crippen LogP contribution in [0.3, 0.4) is 0 Å². The first-order valence-electron chi connectivity index (χ1n) is 3.57. The highest BCUT2D eigenvalue weighted by molar-refractivity contribution is 8.93. The maximum atomic E-state index is 12.3. The molecule has 0 nitrogen and oxygen atoms in total. The van der Waals surface area contributed by atoms with E-state index in [-0.39, 0.29) is 43.2 Å². The molecule has 0 amide bonds. The molecule has 0 unspecified atom stereocenters. The summed E-state index contributed by atoms with van der Waals surface area (Å²) in [6, 6.07) is 6.87. The Labute approximate surface area is 86.7 Å². The summed E-state index contributed by atoms with van der Waals surface area (Å²) in [5.41, 5.74) is 0. The standard InChI is InChI=1S/C6H4F.C2H5.BrH.Mg/c7-6-4-2-1-3-5-6;1-2;;/h2-5H;1H2,2H3;1H;. The van der Waals surface area contributed by atoms with Gasteiger partial charge in [0, 0.05) is 0 Å². The molecule has 0 spiro atoms. The SMILES string of the molecule is Br.C[CH2][Mg][c]1ccc(F)cc1. The summed E-state index contributed by atoms with van der Waals surface area (Å²) in [5, 5.41) is 0. The van der Waals surface area contributed by atoms with E-state index in [2.05, 4.69) is 6.92 Å². The number of hydrogen-bond acceptors (Lipinski definition) is 0. The molecular formula is C8H10BrFMg. The molecule has 0 saturated carbocycles. The van der Waals surface area contributed by atoms with Crippen molar-refractivity contribution < 1.29 is 4.39 Å². The quantitative estimate of drug-likeness (QED) is 0.682. The van der Waals surface area contributed by atoms with Crippen LogP contribution < -0.4 is 3.69 Å². The van der Waals surface area contributed by atoms with E-state index in [4.69, 9.17) is 0 Å². The van der Waals surface area contributed by atoms with Crippen molar-refractivity contribution >= 4 is 41.0 Å². The number of halogens is 2. The van der Waals surface area contributed by atoms with Gasteiger partial charge in [-0.05, 0) is 12.1 Å². The van der Waals surface area contributed by atoms with Gasteiger partial charge in [-0.15, -0.1) is 21.5 Å². The Morgan fingerprint density at radius 2 is 1.82 bits per heavy atom. The summed E-state index contributed by atoms with van der Waals surface area (Å²) in [5.74, 6) is -0.131. The van der Waals surface area contributed by atoms with Gasteiger partial charge in [-0.3, -0.25) is 0 Å². The van der Waals surface area contributed by atoms with Crippen LogP contribution in [0.1, 0.15) is 6.92 Å². The van der Waals surface area contributed by atoms with Crippen molar-refractivity contribution in [2.75, 3.05) is 0 Å². The van der Waals surface area contributed by atoms with Crippen LogP contribution in [0, 0.1) is 5.82 Å². The first kappa shape index (κ1) is 11.4. The van der Waals surface area contributed by atoms with E-state index in [0.29, 0.717) is 0 Å². The van der Waals surface area contributed by atoms with E-state index >= 15 is 0 Å². The summed E-state index contributed by atoms with van der Waals surface area (Å²) in [7, 11) is 0. The van der Waals surface area contributed by atoms with Crippen molar-refractivity contribution in [2.24, 2.45) is 0 Å². The van der Waals surface area contributed by atoms with Crippen LogP contribution in [0.25, 0.3) is 0 Å². The van der Waals surface area contributed by atoms with E-state index in [0.717, 1.165) is 0 Å². The van der Waals surface area contributed by atoms with Gasteiger partial charge in [-0.2, -0.15) is 3.69 Å². The lowest BCUT2D eigenvalue weighted by molar-refractivity contribution is 0.628. The molecule has 1 rings (SSSR count). The molecule has 11 heavy (non-hydrogen) atoms. The minimum absolute atomic E-state index is 0. The Kier molecular flexibility index (Phi) is 6.19. The van der Waals surface area contributed by atoms with Gasteiger partial charge < -0.3 is 0 Å². The fourth-order valence-corrected chi connectivity index (χ4v) is 2.09. The van der Waals surface area contributed by atoms with E-state index in [1.807, 2.05) is 12.1 Å². The normalized spacial score (nSPS) is 8.18.